The van der Waals surface area contributed by atoms with E-state index < -0.39 is 0 Å². The van der Waals surface area contributed by atoms with Gasteiger partial charge in [0.05, 0.1) is 6.10 Å². The Kier molecular flexibility index (Phi) is 4.28. The average Bonchev–Trinajstić information content (AvgIpc) is 2.52. The third kappa shape index (κ3) is 3.24. The van der Waals surface area contributed by atoms with Gasteiger partial charge < -0.3 is 4.74 Å². The van der Waals surface area contributed by atoms with Gasteiger partial charge in [0.25, 0.3) is 0 Å². The van der Waals surface area contributed by atoms with Gasteiger partial charge in [-0.05, 0) is 50.3 Å². The van der Waals surface area contributed by atoms with Gasteiger partial charge in [0.15, 0.2) is 0 Å². The van der Waals surface area contributed by atoms with E-state index in [9.17, 15) is 0 Å². The molecule has 1 aromatic carbocycles. The van der Waals surface area contributed by atoms with Crippen molar-refractivity contribution in [1.82, 2.24) is 0 Å². The first-order valence-electron chi connectivity index (χ1n) is 6.18. The minimum Gasteiger partial charge on any atom is -0.490 e. The van der Waals surface area contributed by atoms with Crippen LogP contribution in [0.5, 0.6) is 5.75 Å². The lowest BCUT2D eigenvalue weighted by Gasteiger charge is -2.18. The molecule has 0 atom stereocenters. The summed E-state index contributed by atoms with van der Waals surface area (Å²) in [4.78, 5) is 0. The van der Waals surface area contributed by atoms with Gasteiger partial charge in [-0.3, -0.25) is 0 Å². The van der Waals surface area contributed by atoms with Gasteiger partial charge in [-0.2, -0.15) is 0 Å². The van der Waals surface area contributed by atoms with Crippen LogP contribution in [0.2, 0.25) is 0 Å². The van der Waals surface area contributed by atoms with E-state index >= 15 is 0 Å². The van der Waals surface area contributed by atoms with Crippen molar-refractivity contribution >= 4 is 15.9 Å². The van der Waals surface area contributed by atoms with Crippen LogP contribution < -0.4 is 4.74 Å². The predicted octanol–water partition coefficient (Wildman–Crippen LogP) is 4.86. The van der Waals surface area contributed by atoms with Crippen LogP contribution in [-0.4, -0.2) is 6.10 Å². The van der Waals surface area contributed by atoms with E-state index in [-0.39, 0.29) is 0 Å². The molecular weight excluding hydrogens is 264 g/mol. The maximum Gasteiger partial charge on any atom is 0.123 e. The topological polar surface area (TPSA) is 9.23 Å². The van der Waals surface area contributed by atoms with E-state index in [0.717, 1.165) is 10.2 Å². The number of aryl methyl sites for hydroxylation is 1. The van der Waals surface area contributed by atoms with Gasteiger partial charge in [-0.15, -0.1) is 0 Å². The summed E-state index contributed by atoms with van der Waals surface area (Å²) >= 11 is 3.50. The minimum absolute atomic E-state index is 0.426. The van der Waals surface area contributed by atoms with Crippen molar-refractivity contribution in [3.8, 4) is 5.75 Å². The Morgan fingerprint density at radius 2 is 1.81 bits per heavy atom. The molecule has 1 aliphatic rings. The van der Waals surface area contributed by atoms with Crippen LogP contribution in [0.3, 0.4) is 0 Å². The fourth-order valence-corrected chi connectivity index (χ4v) is 2.58. The first-order chi connectivity index (χ1) is 7.75. The Morgan fingerprint density at radius 3 is 2.50 bits per heavy atom. The van der Waals surface area contributed by atoms with Crippen LogP contribution in [0.4, 0.5) is 0 Å². The number of halogens is 1. The van der Waals surface area contributed by atoms with Gasteiger partial charge >= 0.3 is 0 Å². The molecule has 0 saturated heterocycles. The maximum absolute atomic E-state index is 6.12. The van der Waals surface area contributed by atoms with Crippen molar-refractivity contribution in [1.29, 1.82) is 0 Å². The molecule has 0 radical (unpaired) electrons. The van der Waals surface area contributed by atoms with Crippen molar-refractivity contribution in [2.45, 2.75) is 51.6 Å². The zero-order valence-electron chi connectivity index (χ0n) is 9.84. The standard InChI is InChI=1S/C14H19BrO/c1-11-8-9-12(15)10-14(11)16-13-6-4-2-3-5-7-13/h8-10,13H,2-7H2,1H3. The third-order valence-corrected chi connectivity index (χ3v) is 3.74. The third-order valence-electron chi connectivity index (χ3n) is 3.25. The lowest BCUT2D eigenvalue weighted by atomic mass is 10.1. The highest BCUT2D eigenvalue weighted by molar-refractivity contribution is 9.10. The molecule has 1 saturated carbocycles. The SMILES string of the molecule is Cc1ccc(Br)cc1OC1CCCCCC1. The van der Waals surface area contributed by atoms with Crippen LogP contribution in [0.25, 0.3) is 0 Å². The molecule has 0 N–H and O–H groups in total. The molecule has 1 nitrogen and oxygen atoms in total. The summed E-state index contributed by atoms with van der Waals surface area (Å²) in [5, 5.41) is 0. The number of benzene rings is 1. The summed E-state index contributed by atoms with van der Waals surface area (Å²) < 4.78 is 7.22. The van der Waals surface area contributed by atoms with Crippen LogP contribution in [0.1, 0.15) is 44.1 Å². The second-order valence-electron chi connectivity index (χ2n) is 4.64. The van der Waals surface area contributed by atoms with Gasteiger partial charge in [0.1, 0.15) is 5.75 Å². The first-order valence-corrected chi connectivity index (χ1v) is 6.98. The molecule has 0 aromatic heterocycles. The predicted molar refractivity (Wildman–Crippen MR) is 71.0 cm³/mol. The van der Waals surface area contributed by atoms with Crippen LogP contribution in [0, 0.1) is 6.92 Å². The van der Waals surface area contributed by atoms with Gasteiger partial charge in [-0.25, -0.2) is 0 Å². The number of hydrogen-bond donors (Lipinski definition) is 0. The Bertz CT molecular complexity index is 341. The van der Waals surface area contributed by atoms with Crippen molar-refractivity contribution < 1.29 is 4.74 Å². The van der Waals surface area contributed by atoms with Gasteiger partial charge in [-0.1, -0.05) is 34.8 Å². The van der Waals surface area contributed by atoms with Crippen molar-refractivity contribution in [2.75, 3.05) is 0 Å². The van der Waals surface area contributed by atoms with Crippen LogP contribution in [-0.2, 0) is 0 Å². The Labute approximate surface area is 106 Å². The number of ether oxygens (including phenoxy) is 1. The lowest BCUT2D eigenvalue weighted by molar-refractivity contribution is 0.182. The van der Waals surface area contributed by atoms with E-state index in [2.05, 4.69) is 41.1 Å². The van der Waals surface area contributed by atoms with E-state index in [1.165, 1.54) is 44.1 Å². The van der Waals surface area contributed by atoms with E-state index in [1.807, 2.05) is 0 Å². The molecule has 0 unspecified atom stereocenters. The highest BCUT2D eigenvalue weighted by atomic mass is 79.9. The van der Waals surface area contributed by atoms with Crippen molar-refractivity contribution in [3.63, 3.8) is 0 Å². The monoisotopic (exact) mass is 282 g/mol. The summed E-state index contributed by atoms with van der Waals surface area (Å²) in [6, 6.07) is 6.26. The number of rotatable bonds is 2. The largest absolute Gasteiger partial charge is 0.490 e. The molecule has 0 aliphatic heterocycles. The molecule has 2 rings (SSSR count). The summed E-state index contributed by atoms with van der Waals surface area (Å²) in [6.45, 7) is 2.11. The van der Waals surface area contributed by atoms with Gasteiger partial charge in [0.2, 0.25) is 0 Å². The Balaban J connectivity index is 2.04. The normalized spacial score (nSPS) is 18.1. The Morgan fingerprint density at radius 1 is 1.12 bits per heavy atom. The zero-order valence-corrected chi connectivity index (χ0v) is 11.4. The van der Waals surface area contributed by atoms with Crippen LogP contribution in [0.15, 0.2) is 22.7 Å². The zero-order chi connectivity index (χ0) is 11.4. The highest BCUT2D eigenvalue weighted by Crippen LogP contribution is 2.27. The fraction of sp³-hybridized carbons (Fsp3) is 0.571. The number of hydrogen-bond acceptors (Lipinski definition) is 1. The highest BCUT2D eigenvalue weighted by Gasteiger charge is 2.14. The smallest absolute Gasteiger partial charge is 0.123 e. The molecule has 0 bridgehead atoms. The van der Waals surface area contributed by atoms with Crippen molar-refractivity contribution in [3.05, 3.63) is 28.2 Å². The second-order valence-corrected chi connectivity index (χ2v) is 5.56. The molecule has 2 heteroatoms. The molecule has 1 aliphatic carbocycles. The molecule has 1 aromatic rings. The maximum atomic E-state index is 6.12. The van der Waals surface area contributed by atoms with E-state index in [0.29, 0.717) is 6.10 Å². The van der Waals surface area contributed by atoms with Crippen molar-refractivity contribution in [2.24, 2.45) is 0 Å². The fourth-order valence-electron chi connectivity index (χ4n) is 2.24. The average molecular weight is 283 g/mol. The summed E-state index contributed by atoms with van der Waals surface area (Å²) in [7, 11) is 0. The van der Waals surface area contributed by atoms with Gasteiger partial charge in [0, 0.05) is 4.47 Å². The summed E-state index contributed by atoms with van der Waals surface area (Å²) in [5.74, 6) is 1.04. The Hall–Kier alpha value is -0.500. The van der Waals surface area contributed by atoms with Crippen LogP contribution >= 0.6 is 15.9 Å². The summed E-state index contributed by atoms with van der Waals surface area (Å²) in [5.41, 5.74) is 1.23. The molecule has 88 valence electrons. The molecule has 16 heavy (non-hydrogen) atoms. The molecule has 1 fully saturated rings. The first kappa shape index (κ1) is 12.0. The van der Waals surface area contributed by atoms with E-state index in [4.69, 9.17) is 4.74 Å². The molecule has 0 amide bonds. The lowest BCUT2D eigenvalue weighted by Crippen LogP contribution is -2.15. The minimum atomic E-state index is 0.426. The molecule has 0 heterocycles. The molecule has 0 spiro atoms. The van der Waals surface area contributed by atoms with E-state index in [1.54, 1.807) is 0 Å². The molecular formula is C14H19BrO. The second kappa shape index (κ2) is 5.72. The summed E-state index contributed by atoms with van der Waals surface area (Å²) in [6.07, 6.45) is 8.23. The quantitative estimate of drug-likeness (QED) is 0.704.